The maximum Gasteiger partial charge on any atom is 0.176 e. The van der Waals surface area contributed by atoms with Gasteiger partial charge in [-0.15, -0.1) is 0 Å². The minimum atomic E-state index is -0.389. The van der Waals surface area contributed by atoms with E-state index >= 15 is 0 Å². The van der Waals surface area contributed by atoms with Gasteiger partial charge in [-0.3, -0.25) is 0 Å². The molecule has 0 bridgehead atoms. The largest absolute Gasteiger partial charge is 0.326 e. The molecule has 2 atom stereocenters. The van der Waals surface area contributed by atoms with E-state index in [9.17, 15) is 9.65 Å². The summed E-state index contributed by atoms with van der Waals surface area (Å²) in [4.78, 5) is 3.90. The van der Waals surface area contributed by atoms with Gasteiger partial charge < -0.3 is 10.3 Å². The van der Waals surface area contributed by atoms with Crippen LogP contribution in [-0.2, 0) is 0 Å². The van der Waals surface area contributed by atoms with Crippen molar-refractivity contribution in [2.45, 2.75) is 19.0 Å². The smallest absolute Gasteiger partial charge is 0.176 e. The van der Waals surface area contributed by atoms with Crippen molar-refractivity contribution in [3.63, 3.8) is 0 Å². The van der Waals surface area contributed by atoms with Gasteiger partial charge >= 0.3 is 0 Å². The maximum absolute atomic E-state index is 13.0. The summed E-state index contributed by atoms with van der Waals surface area (Å²) in [5, 5.41) is 18.1. The zero-order valence-electron chi connectivity index (χ0n) is 10.8. The van der Waals surface area contributed by atoms with Gasteiger partial charge in [-0.25, -0.2) is 9.37 Å². The lowest BCUT2D eigenvalue weighted by atomic mass is 10.0. The van der Waals surface area contributed by atoms with E-state index in [-0.39, 0.29) is 29.3 Å². The van der Waals surface area contributed by atoms with Gasteiger partial charge in [0.25, 0.3) is 0 Å². The van der Waals surface area contributed by atoms with E-state index in [0.29, 0.717) is 0 Å². The summed E-state index contributed by atoms with van der Waals surface area (Å²) < 4.78 is 14.6. The van der Waals surface area contributed by atoms with E-state index in [2.05, 4.69) is 4.98 Å². The van der Waals surface area contributed by atoms with Gasteiger partial charge in [0.05, 0.1) is 12.4 Å². The molecular formula is C14H12FN5. The Morgan fingerprint density at radius 2 is 1.90 bits per heavy atom. The lowest BCUT2D eigenvalue weighted by Crippen LogP contribution is -2.30. The number of aromatic nitrogens is 2. The summed E-state index contributed by atoms with van der Waals surface area (Å²) in [7, 11) is 0. The highest BCUT2D eigenvalue weighted by Gasteiger charge is 2.23. The Kier molecular flexibility index (Phi) is 3.79. The fourth-order valence-corrected chi connectivity index (χ4v) is 2.14. The van der Waals surface area contributed by atoms with Crippen LogP contribution < -0.4 is 5.73 Å². The lowest BCUT2D eigenvalue weighted by Gasteiger charge is -2.23. The van der Waals surface area contributed by atoms with E-state index < -0.39 is 0 Å². The molecule has 0 aliphatic heterocycles. The van der Waals surface area contributed by atoms with Crippen molar-refractivity contribution in [1.82, 2.24) is 9.55 Å². The average Bonchev–Trinajstić information content (AvgIpc) is 2.83. The van der Waals surface area contributed by atoms with Gasteiger partial charge in [0.2, 0.25) is 0 Å². The van der Waals surface area contributed by atoms with Crippen LogP contribution >= 0.6 is 0 Å². The number of hydrogen-bond donors (Lipinski definition) is 1. The second-order valence-corrected chi connectivity index (χ2v) is 4.43. The SMILES string of the molecule is CC(N)C(c1ccc(F)cc1)n1cnc(C#N)c1C#N. The van der Waals surface area contributed by atoms with E-state index in [4.69, 9.17) is 11.0 Å². The molecule has 2 unspecified atom stereocenters. The standard InChI is InChI=1S/C14H12FN5/c1-9(18)14(10-2-4-11(15)5-3-10)20-8-19-12(6-16)13(20)7-17/h2-5,8-9,14H,18H2,1H3. The molecule has 0 amide bonds. The molecule has 0 saturated carbocycles. The van der Waals surface area contributed by atoms with Crippen molar-refractivity contribution in [1.29, 1.82) is 10.5 Å². The molecule has 2 N–H and O–H groups in total. The average molecular weight is 269 g/mol. The van der Waals surface area contributed by atoms with Crippen LogP contribution in [0.15, 0.2) is 30.6 Å². The predicted molar refractivity (Wildman–Crippen MR) is 69.8 cm³/mol. The Morgan fingerprint density at radius 3 is 2.40 bits per heavy atom. The second kappa shape index (κ2) is 5.52. The maximum atomic E-state index is 13.0. The van der Waals surface area contributed by atoms with Gasteiger partial charge in [0.15, 0.2) is 11.4 Å². The number of imidazole rings is 1. The summed E-state index contributed by atoms with van der Waals surface area (Å²) in [6, 6.07) is 8.98. The summed E-state index contributed by atoms with van der Waals surface area (Å²) in [6.07, 6.45) is 1.41. The number of hydrogen-bond acceptors (Lipinski definition) is 4. The lowest BCUT2D eigenvalue weighted by molar-refractivity contribution is 0.491. The zero-order valence-corrected chi connectivity index (χ0v) is 10.8. The third-order valence-electron chi connectivity index (χ3n) is 3.01. The van der Waals surface area contributed by atoms with E-state index in [1.165, 1.54) is 18.5 Å². The molecule has 2 aromatic rings. The Morgan fingerprint density at radius 1 is 1.25 bits per heavy atom. The van der Waals surface area contributed by atoms with Crippen LogP contribution in [0.2, 0.25) is 0 Å². The molecule has 0 aliphatic carbocycles. The molecule has 0 spiro atoms. The second-order valence-electron chi connectivity index (χ2n) is 4.43. The molecule has 1 heterocycles. The minimum absolute atomic E-state index is 0.0558. The highest BCUT2D eigenvalue weighted by molar-refractivity contribution is 5.38. The van der Waals surface area contributed by atoms with E-state index in [1.54, 1.807) is 23.6 Å². The van der Waals surface area contributed by atoms with Crippen LogP contribution in [0.1, 0.15) is 29.9 Å². The van der Waals surface area contributed by atoms with Crippen molar-refractivity contribution in [2.75, 3.05) is 0 Å². The van der Waals surface area contributed by atoms with Crippen molar-refractivity contribution in [3.8, 4) is 12.1 Å². The Labute approximate surface area is 115 Å². The number of benzene rings is 1. The fourth-order valence-electron chi connectivity index (χ4n) is 2.14. The molecule has 20 heavy (non-hydrogen) atoms. The third-order valence-corrected chi connectivity index (χ3v) is 3.01. The van der Waals surface area contributed by atoms with Gasteiger partial charge in [0, 0.05) is 6.04 Å². The number of rotatable bonds is 3. The first-order valence-corrected chi connectivity index (χ1v) is 5.96. The Hall–Kier alpha value is -2.70. The van der Waals surface area contributed by atoms with Gasteiger partial charge in [-0.05, 0) is 24.6 Å². The van der Waals surface area contributed by atoms with Crippen molar-refractivity contribution >= 4 is 0 Å². The van der Waals surface area contributed by atoms with E-state index in [1.807, 2.05) is 12.1 Å². The fraction of sp³-hybridized carbons (Fsp3) is 0.214. The van der Waals surface area contributed by atoms with Crippen molar-refractivity contribution < 1.29 is 4.39 Å². The molecule has 100 valence electrons. The zero-order chi connectivity index (χ0) is 14.7. The van der Waals surface area contributed by atoms with Crippen LogP contribution in [0, 0.1) is 28.5 Å². The van der Waals surface area contributed by atoms with Crippen molar-refractivity contribution in [3.05, 3.63) is 53.4 Å². The molecule has 0 aliphatic rings. The van der Waals surface area contributed by atoms with Crippen molar-refractivity contribution in [2.24, 2.45) is 5.73 Å². The summed E-state index contributed by atoms with van der Waals surface area (Å²) >= 11 is 0. The summed E-state index contributed by atoms with van der Waals surface area (Å²) in [5.41, 5.74) is 6.94. The molecule has 1 aromatic heterocycles. The number of halogens is 1. The van der Waals surface area contributed by atoms with Crippen LogP contribution in [0.4, 0.5) is 4.39 Å². The van der Waals surface area contributed by atoms with Crippen LogP contribution in [0.25, 0.3) is 0 Å². The highest BCUT2D eigenvalue weighted by atomic mass is 19.1. The summed E-state index contributed by atoms with van der Waals surface area (Å²) in [6.45, 7) is 1.78. The van der Waals surface area contributed by atoms with Crippen LogP contribution in [0.5, 0.6) is 0 Å². The molecule has 1 aromatic carbocycles. The Balaban J connectivity index is 2.56. The highest BCUT2D eigenvalue weighted by Crippen LogP contribution is 2.24. The molecule has 0 saturated heterocycles. The molecule has 2 rings (SSSR count). The molecular weight excluding hydrogens is 257 g/mol. The molecule has 0 radical (unpaired) electrons. The predicted octanol–water partition coefficient (Wildman–Crippen LogP) is 1.70. The third kappa shape index (κ3) is 2.37. The van der Waals surface area contributed by atoms with Crippen LogP contribution in [0.3, 0.4) is 0 Å². The first-order valence-electron chi connectivity index (χ1n) is 5.96. The summed E-state index contributed by atoms with van der Waals surface area (Å²) in [5.74, 6) is -0.346. The Bertz CT molecular complexity index is 688. The van der Waals surface area contributed by atoms with Crippen LogP contribution in [-0.4, -0.2) is 15.6 Å². The van der Waals surface area contributed by atoms with Gasteiger partial charge in [-0.1, -0.05) is 12.1 Å². The topological polar surface area (TPSA) is 91.4 Å². The first-order chi connectivity index (χ1) is 9.58. The van der Waals surface area contributed by atoms with E-state index in [0.717, 1.165) is 5.56 Å². The molecule has 0 fully saturated rings. The number of nitriles is 2. The molecule has 5 nitrogen and oxygen atoms in total. The number of nitrogens with zero attached hydrogens (tertiary/aromatic N) is 4. The minimum Gasteiger partial charge on any atom is -0.326 e. The normalized spacial score (nSPS) is 13.2. The quantitative estimate of drug-likeness (QED) is 0.918. The first kappa shape index (κ1) is 13.7. The monoisotopic (exact) mass is 269 g/mol. The molecule has 6 heteroatoms. The number of nitrogens with two attached hydrogens (primary N) is 1. The van der Waals surface area contributed by atoms with Gasteiger partial charge in [0.1, 0.15) is 18.0 Å². The van der Waals surface area contributed by atoms with Gasteiger partial charge in [-0.2, -0.15) is 10.5 Å².